The molecule has 1 N–H and O–H groups in total. The minimum atomic E-state index is -5.03. The first-order chi connectivity index (χ1) is 17.7. The van der Waals surface area contributed by atoms with Gasteiger partial charge in [-0.25, -0.2) is 4.79 Å². The predicted molar refractivity (Wildman–Crippen MR) is 147 cm³/mol. The van der Waals surface area contributed by atoms with Gasteiger partial charge in [0, 0.05) is 6.61 Å². The molecule has 1 aromatic rings. The number of ketones is 1. The highest BCUT2D eigenvalue weighted by molar-refractivity contribution is 6.74. The zero-order chi connectivity index (χ0) is 30.1. The summed E-state index contributed by atoms with van der Waals surface area (Å²) in [5, 5.41) is 2.14. The lowest BCUT2D eigenvalue weighted by molar-refractivity contribution is -0.272. The number of amides is 1. The first-order valence-electron chi connectivity index (χ1n) is 13.2. The molecule has 224 valence electrons. The topological polar surface area (TPSA) is 83.1 Å². The number of carbonyl (C=O) groups excluding carboxylic acids is 2. The van der Waals surface area contributed by atoms with Crippen LogP contribution < -0.4 is 5.32 Å². The standard InChI is InChI=1S/C28H46F3NO6Si/c1-21(38-39(8,9)26(5,6)7)19-35-17-13-16-27(28(29,30)31,36-20-22-14-11-10-12-15-22)23(33)18-32-24(34)37-25(2,3)4/h10-12,14-15,21H,13,16-20H2,1-9H3,(H,32,34)/t21-,27+/m0/s1. The van der Waals surface area contributed by atoms with E-state index in [9.17, 15) is 22.8 Å². The Morgan fingerprint density at radius 2 is 1.59 bits per heavy atom. The van der Waals surface area contributed by atoms with E-state index in [2.05, 4.69) is 39.2 Å². The van der Waals surface area contributed by atoms with E-state index < -0.39 is 57.1 Å². The molecular weight excluding hydrogens is 531 g/mol. The first-order valence-corrected chi connectivity index (χ1v) is 16.1. The number of hydrogen-bond donors (Lipinski definition) is 1. The molecule has 0 aliphatic rings. The third kappa shape index (κ3) is 11.6. The van der Waals surface area contributed by atoms with Crippen LogP contribution in [0.3, 0.4) is 0 Å². The van der Waals surface area contributed by atoms with Crippen molar-refractivity contribution >= 4 is 20.2 Å². The van der Waals surface area contributed by atoms with Crippen molar-refractivity contribution in [3.8, 4) is 0 Å². The molecule has 0 aliphatic heterocycles. The van der Waals surface area contributed by atoms with Gasteiger partial charge < -0.3 is 24.0 Å². The second-order valence-electron chi connectivity index (χ2n) is 12.2. The Morgan fingerprint density at radius 1 is 1.00 bits per heavy atom. The Labute approximate surface area is 232 Å². The van der Waals surface area contributed by atoms with Crippen LogP contribution in [0.1, 0.15) is 66.9 Å². The van der Waals surface area contributed by atoms with Gasteiger partial charge in [-0.05, 0) is 64.2 Å². The van der Waals surface area contributed by atoms with Crippen molar-refractivity contribution in [1.82, 2.24) is 5.32 Å². The van der Waals surface area contributed by atoms with Crippen molar-refractivity contribution in [1.29, 1.82) is 0 Å². The molecule has 7 nitrogen and oxygen atoms in total. The quantitative estimate of drug-likeness (QED) is 0.193. The molecule has 11 heteroatoms. The third-order valence-corrected chi connectivity index (χ3v) is 11.1. The second kappa shape index (κ2) is 14.1. The molecule has 0 saturated carbocycles. The van der Waals surface area contributed by atoms with Gasteiger partial charge in [-0.1, -0.05) is 51.1 Å². The molecule has 0 saturated heterocycles. The van der Waals surface area contributed by atoms with E-state index in [-0.39, 0.29) is 30.8 Å². The van der Waals surface area contributed by atoms with Crippen LogP contribution in [0.25, 0.3) is 0 Å². The van der Waals surface area contributed by atoms with Crippen molar-refractivity contribution in [3.05, 3.63) is 35.9 Å². The Balaban J connectivity index is 2.93. The Kier molecular flexibility index (Phi) is 12.7. The van der Waals surface area contributed by atoms with E-state index in [1.807, 2.05) is 6.92 Å². The summed E-state index contributed by atoms with van der Waals surface area (Å²) >= 11 is 0. The lowest BCUT2D eigenvalue weighted by Crippen LogP contribution is -2.57. The molecule has 2 atom stereocenters. The predicted octanol–water partition coefficient (Wildman–Crippen LogP) is 6.81. The van der Waals surface area contributed by atoms with Gasteiger partial charge in [0.15, 0.2) is 14.1 Å². The van der Waals surface area contributed by atoms with E-state index in [1.54, 1.807) is 51.1 Å². The molecule has 0 spiro atoms. The average molecular weight is 578 g/mol. The lowest BCUT2D eigenvalue weighted by Gasteiger charge is -2.38. The van der Waals surface area contributed by atoms with Crippen molar-refractivity contribution in [2.75, 3.05) is 19.8 Å². The minimum Gasteiger partial charge on any atom is -0.444 e. The van der Waals surface area contributed by atoms with Crippen LogP contribution in [0.2, 0.25) is 18.1 Å². The lowest BCUT2D eigenvalue weighted by atomic mass is 9.91. The molecule has 0 aliphatic carbocycles. The molecule has 0 bridgehead atoms. The van der Waals surface area contributed by atoms with Crippen LogP contribution in [0.15, 0.2) is 30.3 Å². The highest BCUT2D eigenvalue weighted by atomic mass is 28.4. The number of hydrogen-bond acceptors (Lipinski definition) is 6. The van der Waals surface area contributed by atoms with Crippen molar-refractivity contribution in [2.45, 2.75) is 110 Å². The summed E-state index contributed by atoms with van der Waals surface area (Å²) in [6, 6.07) is 8.28. The molecule has 0 radical (unpaired) electrons. The minimum absolute atomic E-state index is 0.0113. The fourth-order valence-electron chi connectivity index (χ4n) is 3.45. The number of Topliss-reactive ketones (excluding diaryl/α,β-unsaturated/α-hetero) is 1. The van der Waals surface area contributed by atoms with Crippen LogP contribution in [0.5, 0.6) is 0 Å². The molecule has 1 aromatic carbocycles. The highest BCUT2D eigenvalue weighted by Gasteiger charge is 2.60. The molecular formula is C28H46F3NO6Si. The second-order valence-corrected chi connectivity index (χ2v) is 17.0. The third-order valence-electron chi connectivity index (χ3n) is 6.50. The molecule has 1 rings (SSSR count). The monoisotopic (exact) mass is 577 g/mol. The van der Waals surface area contributed by atoms with Crippen LogP contribution in [-0.4, -0.2) is 63.4 Å². The normalized spacial score (nSPS) is 15.4. The smallest absolute Gasteiger partial charge is 0.424 e. The van der Waals surface area contributed by atoms with Gasteiger partial charge in [0.1, 0.15) is 5.60 Å². The molecule has 1 amide bonds. The summed E-state index contributed by atoms with van der Waals surface area (Å²) in [5.41, 5.74) is -3.53. The van der Waals surface area contributed by atoms with Crippen molar-refractivity contribution in [2.24, 2.45) is 0 Å². The molecule has 0 fully saturated rings. The number of alkyl carbamates (subject to hydrolysis) is 1. The molecule has 0 heterocycles. The average Bonchev–Trinajstić information content (AvgIpc) is 2.77. The molecule has 0 unspecified atom stereocenters. The summed E-state index contributed by atoms with van der Waals surface area (Å²) in [4.78, 5) is 25.1. The van der Waals surface area contributed by atoms with Crippen LogP contribution in [-0.2, 0) is 30.0 Å². The Bertz CT molecular complexity index is 913. The number of ether oxygens (including phenoxy) is 3. The van der Waals surface area contributed by atoms with Gasteiger partial charge in [-0.3, -0.25) is 4.79 Å². The number of halogens is 3. The number of rotatable bonds is 14. The Morgan fingerprint density at radius 3 is 2.10 bits per heavy atom. The van der Waals surface area contributed by atoms with Crippen LogP contribution in [0.4, 0.5) is 18.0 Å². The van der Waals surface area contributed by atoms with Crippen LogP contribution >= 0.6 is 0 Å². The summed E-state index contributed by atoms with van der Waals surface area (Å²) in [7, 11) is -2.02. The highest BCUT2D eigenvalue weighted by Crippen LogP contribution is 2.39. The van der Waals surface area contributed by atoms with Crippen LogP contribution in [0, 0.1) is 0 Å². The fourth-order valence-corrected chi connectivity index (χ4v) is 4.88. The van der Waals surface area contributed by atoms with Gasteiger partial charge in [0.2, 0.25) is 5.60 Å². The van der Waals surface area contributed by atoms with Gasteiger partial charge in [-0.2, -0.15) is 13.2 Å². The largest absolute Gasteiger partial charge is 0.444 e. The van der Waals surface area contributed by atoms with Gasteiger partial charge in [0.25, 0.3) is 0 Å². The maximum Gasteiger partial charge on any atom is 0.424 e. The van der Waals surface area contributed by atoms with E-state index in [0.717, 1.165) is 0 Å². The summed E-state index contributed by atoms with van der Waals surface area (Å²) in [6.45, 7) is 16.1. The Hall–Kier alpha value is -1.95. The fraction of sp³-hybridized carbons (Fsp3) is 0.714. The molecule has 0 aromatic heterocycles. The number of nitrogens with one attached hydrogen (secondary N) is 1. The van der Waals surface area contributed by atoms with Gasteiger partial charge in [0.05, 0.1) is 25.9 Å². The van der Waals surface area contributed by atoms with Gasteiger partial charge >= 0.3 is 12.3 Å². The summed E-state index contributed by atoms with van der Waals surface area (Å²) in [5.74, 6) is -1.31. The van der Waals surface area contributed by atoms with E-state index in [1.165, 1.54) is 0 Å². The SMILES string of the molecule is C[C@@H](COCCC[C@@](OCc1ccccc1)(C(=O)CNC(=O)OC(C)(C)C)C(F)(F)F)O[Si](C)(C)C(C)(C)C. The molecule has 39 heavy (non-hydrogen) atoms. The van der Waals surface area contributed by atoms with Gasteiger partial charge in [-0.15, -0.1) is 0 Å². The number of benzene rings is 1. The van der Waals surface area contributed by atoms with E-state index >= 15 is 0 Å². The number of carbonyl (C=O) groups is 2. The zero-order valence-electron chi connectivity index (χ0n) is 24.8. The maximum absolute atomic E-state index is 14.5. The van der Waals surface area contributed by atoms with Crippen molar-refractivity contribution < 1.29 is 41.4 Å². The number of alkyl halides is 3. The zero-order valence-corrected chi connectivity index (χ0v) is 25.8. The van der Waals surface area contributed by atoms with E-state index in [0.29, 0.717) is 5.56 Å². The maximum atomic E-state index is 14.5. The summed E-state index contributed by atoms with van der Waals surface area (Å²) in [6.07, 6.45) is -7.02. The first kappa shape index (κ1) is 35.1. The summed E-state index contributed by atoms with van der Waals surface area (Å²) < 4.78 is 65.8. The van der Waals surface area contributed by atoms with Crippen molar-refractivity contribution in [3.63, 3.8) is 0 Å². The van der Waals surface area contributed by atoms with E-state index in [4.69, 9.17) is 18.6 Å².